The molecule has 0 spiro atoms. The summed E-state index contributed by atoms with van der Waals surface area (Å²) in [5.74, 6) is -0.752. The van der Waals surface area contributed by atoms with Gasteiger partial charge in [-0.25, -0.2) is 4.39 Å². The molecule has 2 nitrogen and oxygen atoms in total. The van der Waals surface area contributed by atoms with Crippen LogP contribution in [-0.4, -0.2) is 12.6 Å². The normalized spacial score (nSPS) is 9.18. The van der Waals surface area contributed by atoms with E-state index in [1.165, 1.54) is 18.2 Å². The standard InChI is InChI=1S/C8H5FO2/c9-8-6(4-10)2-1-3-7(8)5-11/h1-5H/i9-1. The van der Waals surface area contributed by atoms with Crippen LogP contribution in [-0.2, 0) is 0 Å². The maximum atomic E-state index is 12.8. The van der Waals surface area contributed by atoms with E-state index in [1.807, 2.05) is 0 Å². The van der Waals surface area contributed by atoms with Crippen molar-refractivity contribution in [1.82, 2.24) is 0 Å². The van der Waals surface area contributed by atoms with Crippen LogP contribution in [0.2, 0.25) is 0 Å². The second kappa shape index (κ2) is 3.05. The molecular formula is C8H5FO2. The number of hydrogen-bond acceptors (Lipinski definition) is 2. The highest BCUT2D eigenvalue weighted by Crippen LogP contribution is 2.08. The van der Waals surface area contributed by atoms with E-state index in [0.29, 0.717) is 12.6 Å². The van der Waals surface area contributed by atoms with E-state index in [4.69, 9.17) is 0 Å². The van der Waals surface area contributed by atoms with E-state index in [0.717, 1.165) is 0 Å². The molecule has 0 atom stereocenters. The summed E-state index contributed by atoms with van der Waals surface area (Å²) in [4.78, 5) is 20.3. The minimum absolute atomic E-state index is 0.0883. The van der Waals surface area contributed by atoms with Gasteiger partial charge in [-0.15, -0.1) is 0 Å². The lowest BCUT2D eigenvalue weighted by Gasteiger charge is -1.94. The maximum absolute atomic E-state index is 12.8. The van der Waals surface area contributed by atoms with Crippen molar-refractivity contribution in [2.24, 2.45) is 0 Å². The highest BCUT2D eigenvalue weighted by molar-refractivity contribution is 5.82. The Balaban J connectivity index is 3.30. The predicted octanol–water partition coefficient (Wildman–Crippen LogP) is 1.45. The molecule has 3 heteroatoms. The van der Waals surface area contributed by atoms with E-state index < -0.39 is 5.82 Å². The van der Waals surface area contributed by atoms with Crippen LogP contribution in [0.5, 0.6) is 0 Å². The summed E-state index contributed by atoms with van der Waals surface area (Å²) in [6, 6.07) is 4.08. The van der Waals surface area contributed by atoms with Crippen molar-refractivity contribution in [3.05, 3.63) is 35.1 Å². The van der Waals surface area contributed by atoms with E-state index in [2.05, 4.69) is 0 Å². The molecule has 11 heavy (non-hydrogen) atoms. The van der Waals surface area contributed by atoms with Gasteiger partial charge in [0, 0.05) is 0 Å². The van der Waals surface area contributed by atoms with Gasteiger partial charge in [0.05, 0.1) is 11.1 Å². The van der Waals surface area contributed by atoms with Gasteiger partial charge in [0.25, 0.3) is 0 Å². The van der Waals surface area contributed by atoms with E-state index in [1.54, 1.807) is 0 Å². The highest BCUT2D eigenvalue weighted by Gasteiger charge is 2.04. The van der Waals surface area contributed by atoms with Crippen molar-refractivity contribution < 1.29 is 14.0 Å². The Hall–Kier alpha value is -1.51. The van der Waals surface area contributed by atoms with Crippen molar-refractivity contribution in [2.45, 2.75) is 0 Å². The molecule has 1 rings (SSSR count). The molecule has 0 aromatic heterocycles. The first-order chi connectivity index (χ1) is 5.29. The summed E-state index contributed by atoms with van der Waals surface area (Å²) in [6.45, 7) is 0. The number of hydrogen-bond donors (Lipinski definition) is 0. The van der Waals surface area contributed by atoms with Crippen LogP contribution in [0.15, 0.2) is 18.2 Å². The van der Waals surface area contributed by atoms with E-state index >= 15 is 0 Å². The van der Waals surface area contributed by atoms with Crippen molar-refractivity contribution in [1.29, 1.82) is 0 Å². The van der Waals surface area contributed by atoms with E-state index in [-0.39, 0.29) is 11.1 Å². The summed E-state index contributed by atoms with van der Waals surface area (Å²) < 4.78 is 12.8. The molecule has 0 saturated carbocycles. The molecule has 1 aromatic rings. The molecule has 0 unspecified atom stereocenters. The van der Waals surface area contributed by atoms with Crippen molar-refractivity contribution >= 4 is 12.6 Å². The fraction of sp³-hybridized carbons (Fsp3) is 0. The Kier molecular flexibility index (Phi) is 2.11. The summed E-state index contributed by atoms with van der Waals surface area (Å²) in [7, 11) is 0. The summed E-state index contributed by atoms with van der Waals surface area (Å²) >= 11 is 0. The average Bonchev–Trinajstić information content (AvgIpc) is 2.05. The van der Waals surface area contributed by atoms with Gasteiger partial charge in [0.1, 0.15) is 5.82 Å². The molecule has 1 aromatic carbocycles. The summed E-state index contributed by atoms with van der Waals surface area (Å²) in [5, 5.41) is 0. The molecule has 0 aliphatic carbocycles. The Morgan fingerprint density at radius 1 is 1.09 bits per heavy atom. The van der Waals surface area contributed by atoms with Crippen molar-refractivity contribution in [2.75, 3.05) is 0 Å². The van der Waals surface area contributed by atoms with Gasteiger partial charge in [-0.05, 0) is 12.1 Å². The third-order valence-electron chi connectivity index (χ3n) is 1.31. The van der Waals surface area contributed by atoms with Gasteiger partial charge in [-0.3, -0.25) is 9.59 Å². The van der Waals surface area contributed by atoms with Gasteiger partial charge in [0.15, 0.2) is 12.6 Å². The van der Waals surface area contributed by atoms with E-state index in [9.17, 15) is 14.0 Å². The monoisotopic (exact) mass is 151 g/mol. The third kappa shape index (κ3) is 1.32. The van der Waals surface area contributed by atoms with Crippen LogP contribution in [0.1, 0.15) is 20.7 Å². The van der Waals surface area contributed by atoms with Crippen LogP contribution >= 0.6 is 0 Å². The maximum Gasteiger partial charge on any atom is 0.153 e. The zero-order chi connectivity index (χ0) is 8.27. The van der Waals surface area contributed by atoms with Crippen LogP contribution in [0, 0.1) is 5.82 Å². The number of halogens is 1. The molecular weight excluding hydrogens is 146 g/mol. The zero-order valence-electron chi connectivity index (χ0n) is 5.58. The molecule has 0 radical (unpaired) electrons. The quantitative estimate of drug-likeness (QED) is 0.599. The lowest BCUT2D eigenvalue weighted by Crippen LogP contribution is -1.93. The zero-order valence-corrected chi connectivity index (χ0v) is 5.58. The third-order valence-corrected chi connectivity index (χ3v) is 1.31. The summed E-state index contributed by atoms with van der Waals surface area (Å²) in [6.07, 6.45) is 0.755. The second-order valence-corrected chi connectivity index (χ2v) is 1.99. The molecule has 0 N–H and O–H groups in total. The number of benzene rings is 1. The second-order valence-electron chi connectivity index (χ2n) is 1.99. The number of carbonyl (C=O) groups is 2. The Labute approximate surface area is 62.6 Å². The van der Waals surface area contributed by atoms with Gasteiger partial charge in [-0.2, -0.15) is 0 Å². The number of carbonyl (C=O) groups excluding carboxylic acids is 2. The summed E-state index contributed by atoms with van der Waals surface area (Å²) in [5.41, 5.74) is -0.177. The first kappa shape index (κ1) is 7.60. The van der Waals surface area contributed by atoms with Gasteiger partial charge in [-0.1, -0.05) is 6.07 Å². The molecule has 0 aliphatic rings. The minimum atomic E-state index is -0.752. The lowest BCUT2D eigenvalue weighted by atomic mass is 10.1. The van der Waals surface area contributed by atoms with Crippen LogP contribution in [0.4, 0.5) is 4.39 Å². The minimum Gasteiger partial charge on any atom is -0.298 e. The van der Waals surface area contributed by atoms with Gasteiger partial charge >= 0.3 is 0 Å². The predicted molar refractivity (Wildman–Crippen MR) is 37.2 cm³/mol. The van der Waals surface area contributed by atoms with Crippen LogP contribution in [0.3, 0.4) is 0 Å². The molecule has 56 valence electrons. The molecule has 0 aliphatic heterocycles. The van der Waals surface area contributed by atoms with Crippen LogP contribution < -0.4 is 0 Å². The molecule has 0 fully saturated rings. The molecule has 0 heterocycles. The Bertz CT molecular complexity index is 268. The first-order valence-electron chi connectivity index (χ1n) is 2.98. The number of aldehydes is 2. The topological polar surface area (TPSA) is 34.1 Å². The fourth-order valence-electron chi connectivity index (χ4n) is 0.750. The highest BCUT2D eigenvalue weighted by atomic mass is 18.2. The van der Waals surface area contributed by atoms with Crippen molar-refractivity contribution in [3.63, 3.8) is 0 Å². The Morgan fingerprint density at radius 2 is 1.55 bits per heavy atom. The smallest absolute Gasteiger partial charge is 0.153 e. The van der Waals surface area contributed by atoms with Gasteiger partial charge in [0.2, 0.25) is 0 Å². The number of rotatable bonds is 2. The lowest BCUT2D eigenvalue weighted by molar-refractivity contribution is 0.111. The largest absolute Gasteiger partial charge is 0.298 e. The van der Waals surface area contributed by atoms with Gasteiger partial charge < -0.3 is 0 Å². The Morgan fingerprint density at radius 3 is 1.91 bits per heavy atom. The first-order valence-corrected chi connectivity index (χ1v) is 2.98. The van der Waals surface area contributed by atoms with Crippen LogP contribution in [0.25, 0.3) is 0 Å². The SMILES string of the molecule is O=Cc1cccc(C=O)c1[18F]. The fourth-order valence-corrected chi connectivity index (χ4v) is 0.750. The van der Waals surface area contributed by atoms with Crippen molar-refractivity contribution in [3.8, 4) is 0 Å². The molecule has 0 saturated heterocycles. The average molecular weight is 151 g/mol. The molecule has 0 bridgehead atoms. The molecule has 0 amide bonds.